The van der Waals surface area contributed by atoms with Gasteiger partial charge in [0.15, 0.2) is 0 Å². The molecule has 20 heavy (non-hydrogen) atoms. The summed E-state index contributed by atoms with van der Waals surface area (Å²) in [5.41, 5.74) is 0.0213. The third-order valence-corrected chi connectivity index (χ3v) is 4.06. The molecule has 1 aromatic heterocycles. The Bertz CT molecular complexity index is 504. The minimum Gasteiger partial charge on any atom is -0.367 e. The molecule has 0 aliphatic heterocycles. The molecule has 0 aromatic carbocycles. The fraction of sp³-hybridized carbons (Fsp3) is 0.692. The molecule has 1 aliphatic carbocycles. The lowest BCUT2D eigenvalue weighted by Gasteiger charge is -2.39. The maximum absolute atomic E-state index is 11.3. The molecule has 1 unspecified atom stereocenters. The largest absolute Gasteiger partial charge is 0.367 e. The van der Waals surface area contributed by atoms with Gasteiger partial charge in [-0.3, -0.25) is 10.1 Å². The zero-order valence-corrected chi connectivity index (χ0v) is 12.1. The number of nitro groups is 1. The van der Waals surface area contributed by atoms with Crippen molar-refractivity contribution in [3.63, 3.8) is 0 Å². The minimum absolute atomic E-state index is 0.0867. The smallest absolute Gasteiger partial charge is 0.353 e. The van der Waals surface area contributed by atoms with Gasteiger partial charge in [-0.05, 0) is 18.3 Å². The minimum atomic E-state index is -0.440. The molecule has 2 rings (SSSR count). The van der Waals surface area contributed by atoms with Crippen molar-refractivity contribution < 1.29 is 4.92 Å². The second kappa shape index (κ2) is 5.60. The zero-order chi connectivity index (χ0) is 14.8. The third-order valence-electron chi connectivity index (χ3n) is 4.06. The summed E-state index contributed by atoms with van der Waals surface area (Å²) < 4.78 is 0. The molecule has 110 valence electrons. The van der Waals surface area contributed by atoms with Gasteiger partial charge in [0, 0.05) is 13.1 Å². The number of nitrogens with zero attached hydrogens (tertiary/aromatic N) is 3. The predicted molar refractivity (Wildman–Crippen MR) is 77.9 cm³/mol. The van der Waals surface area contributed by atoms with Crippen LogP contribution in [0.5, 0.6) is 0 Å². The van der Waals surface area contributed by atoms with E-state index in [9.17, 15) is 10.1 Å². The zero-order valence-electron chi connectivity index (χ0n) is 12.1. The first-order chi connectivity index (χ1) is 9.45. The summed E-state index contributed by atoms with van der Waals surface area (Å²) in [5.74, 6) is 0.537. The van der Waals surface area contributed by atoms with Gasteiger partial charge in [-0.15, -0.1) is 0 Å². The average molecular weight is 279 g/mol. The van der Waals surface area contributed by atoms with Crippen molar-refractivity contribution in [1.29, 1.82) is 0 Å². The van der Waals surface area contributed by atoms with Gasteiger partial charge < -0.3 is 10.6 Å². The Kier molecular flexibility index (Phi) is 4.06. The maximum Gasteiger partial charge on any atom is 0.353 e. The first-order valence-corrected chi connectivity index (χ1v) is 6.89. The lowest BCUT2D eigenvalue weighted by Crippen LogP contribution is -2.39. The highest BCUT2D eigenvalue weighted by Gasteiger charge is 2.34. The van der Waals surface area contributed by atoms with E-state index in [2.05, 4.69) is 34.4 Å². The maximum atomic E-state index is 11.3. The van der Waals surface area contributed by atoms with E-state index < -0.39 is 4.92 Å². The summed E-state index contributed by atoms with van der Waals surface area (Å²) >= 11 is 0. The Balaban J connectivity index is 2.31. The SMILES string of the molecule is CNc1ncnc(NC2CCCCC2(C)C)c1[N+](=O)[O-]. The summed E-state index contributed by atoms with van der Waals surface area (Å²) in [6.45, 7) is 4.38. The number of hydrogen-bond donors (Lipinski definition) is 2. The molecule has 1 atom stereocenters. The van der Waals surface area contributed by atoms with Crippen LogP contribution in [0.2, 0.25) is 0 Å². The van der Waals surface area contributed by atoms with Crippen LogP contribution in [0.25, 0.3) is 0 Å². The predicted octanol–water partition coefficient (Wildman–Crippen LogP) is 2.81. The quantitative estimate of drug-likeness (QED) is 0.650. The van der Waals surface area contributed by atoms with E-state index in [1.807, 2.05) is 0 Å². The monoisotopic (exact) mass is 279 g/mol. The second-order valence-corrected chi connectivity index (χ2v) is 5.86. The summed E-state index contributed by atoms with van der Waals surface area (Å²) in [4.78, 5) is 18.8. The van der Waals surface area contributed by atoms with Crippen molar-refractivity contribution in [2.75, 3.05) is 17.7 Å². The Morgan fingerprint density at radius 3 is 2.65 bits per heavy atom. The molecule has 0 amide bonds. The van der Waals surface area contributed by atoms with E-state index in [0.717, 1.165) is 19.3 Å². The second-order valence-electron chi connectivity index (χ2n) is 5.86. The molecule has 0 saturated heterocycles. The summed E-state index contributed by atoms with van der Waals surface area (Å²) in [5, 5.41) is 17.3. The lowest BCUT2D eigenvalue weighted by atomic mass is 9.73. The number of anilines is 2. The van der Waals surface area contributed by atoms with Gasteiger partial charge in [-0.25, -0.2) is 9.97 Å². The van der Waals surface area contributed by atoms with E-state index in [1.165, 1.54) is 12.7 Å². The van der Waals surface area contributed by atoms with Gasteiger partial charge in [-0.2, -0.15) is 0 Å². The standard InChI is InChI=1S/C13H21N5O2/c1-13(2)7-5-4-6-9(13)17-12-10(18(19)20)11(14-3)15-8-16-12/h8-9H,4-7H2,1-3H3,(H2,14,15,16,17). The van der Waals surface area contributed by atoms with Crippen LogP contribution in [-0.4, -0.2) is 28.0 Å². The summed E-state index contributed by atoms with van der Waals surface area (Å²) in [6.07, 6.45) is 5.81. The van der Waals surface area contributed by atoms with E-state index in [-0.39, 0.29) is 23.0 Å². The lowest BCUT2D eigenvalue weighted by molar-refractivity contribution is -0.383. The first-order valence-electron chi connectivity index (χ1n) is 6.89. The Labute approximate surface area is 118 Å². The van der Waals surface area contributed by atoms with Crippen molar-refractivity contribution in [2.24, 2.45) is 5.41 Å². The molecular weight excluding hydrogens is 258 g/mol. The first kappa shape index (κ1) is 14.5. The van der Waals surface area contributed by atoms with Crippen LogP contribution in [0.3, 0.4) is 0 Å². The highest BCUT2D eigenvalue weighted by Crippen LogP contribution is 2.39. The van der Waals surface area contributed by atoms with Crippen LogP contribution in [-0.2, 0) is 0 Å². The summed E-state index contributed by atoms with van der Waals surface area (Å²) in [7, 11) is 1.61. The fourth-order valence-corrected chi connectivity index (χ4v) is 2.77. The average Bonchev–Trinajstić information content (AvgIpc) is 2.40. The van der Waals surface area contributed by atoms with E-state index >= 15 is 0 Å². The number of nitrogens with one attached hydrogen (secondary N) is 2. The molecule has 0 spiro atoms. The molecule has 2 N–H and O–H groups in total. The van der Waals surface area contributed by atoms with Crippen molar-refractivity contribution >= 4 is 17.3 Å². The van der Waals surface area contributed by atoms with Gasteiger partial charge in [0.25, 0.3) is 0 Å². The van der Waals surface area contributed by atoms with Crippen LogP contribution in [0.1, 0.15) is 39.5 Å². The Morgan fingerprint density at radius 1 is 1.35 bits per heavy atom. The molecule has 1 aliphatic rings. The number of rotatable bonds is 4. The molecule has 7 heteroatoms. The van der Waals surface area contributed by atoms with Crippen molar-refractivity contribution in [2.45, 2.75) is 45.6 Å². The van der Waals surface area contributed by atoms with Crippen LogP contribution < -0.4 is 10.6 Å². The molecule has 1 fully saturated rings. The van der Waals surface area contributed by atoms with Crippen LogP contribution in [0.15, 0.2) is 6.33 Å². The van der Waals surface area contributed by atoms with Crippen LogP contribution >= 0.6 is 0 Å². The molecule has 0 bridgehead atoms. The van der Waals surface area contributed by atoms with Gasteiger partial charge in [0.05, 0.1) is 4.92 Å². The van der Waals surface area contributed by atoms with Gasteiger partial charge in [-0.1, -0.05) is 26.7 Å². The van der Waals surface area contributed by atoms with Crippen molar-refractivity contribution in [1.82, 2.24) is 9.97 Å². The van der Waals surface area contributed by atoms with E-state index in [0.29, 0.717) is 5.82 Å². The normalized spacial score (nSPS) is 21.2. The highest BCUT2D eigenvalue weighted by molar-refractivity contribution is 5.69. The Morgan fingerprint density at radius 2 is 2.05 bits per heavy atom. The van der Waals surface area contributed by atoms with E-state index in [4.69, 9.17) is 0 Å². The van der Waals surface area contributed by atoms with Gasteiger partial charge in [0.2, 0.25) is 11.6 Å². The van der Waals surface area contributed by atoms with Gasteiger partial charge in [0.1, 0.15) is 6.33 Å². The fourth-order valence-electron chi connectivity index (χ4n) is 2.77. The molecule has 1 aromatic rings. The summed E-state index contributed by atoms with van der Waals surface area (Å²) in [6, 6.07) is 0.189. The van der Waals surface area contributed by atoms with Crippen molar-refractivity contribution in [3.8, 4) is 0 Å². The molecule has 0 radical (unpaired) electrons. The molecule has 1 heterocycles. The number of hydrogen-bond acceptors (Lipinski definition) is 6. The van der Waals surface area contributed by atoms with Crippen molar-refractivity contribution in [3.05, 3.63) is 16.4 Å². The molecule has 1 saturated carbocycles. The number of aromatic nitrogens is 2. The van der Waals surface area contributed by atoms with Gasteiger partial charge >= 0.3 is 5.69 Å². The topological polar surface area (TPSA) is 93.0 Å². The molecular formula is C13H21N5O2. The highest BCUT2D eigenvalue weighted by atomic mass is 16.6. The van der Waals surface area contributed by atoms with E-state index in [1.54, 1.807) is 7.05 Å². The van der Waals surface area contributed by atoms with Crippen LogP contribution in [0, 0.1) is 15.5 Å². The Hall–Kier alpha value is -1.92. The third kappa shape index (κ3) is 2.81. The molecule has 7 nitrogen and oxygen atoms in total. The van der Waals surface area contributed by atoms with Crippen LogP contribution in [0.4, 0.5) is 17.3 Å².